The Morgan fingerprint density at radius 2 is 2.00 bits per heavy atom. The molecule has 0 spiro atoms. The lowest BCUT2D eigenvalue weighted by Gasteiger charge is -2.15. The van der Waals surface area contributed by atoms with E-state index in [4.69, 9.17) is 16.7 Å². The molecule has 0 aliphatic carbocycles. The van der Waals surface area contributed by atoms with Crippen molar-refractivity contribution in [2.75, 3.05) is 13.7 Å². The van der Waals surface area contributed by atoms with Gasteiger partial charge in [0.1, 0.15) is 6.61 Å². The zero-order valence-electron chi connectivity index (χ0n) is 11.3. The van der Waals surface area contributed by atoms with Gasteiger partial charge in [-0.3, -0.25) is 4.90 Å². The predicted octanol–water partition coefficient (Wildman–Crippen LogP) is 3.38. The summed E-state index contributed by atoms with van der Waals surface area (Å²) in [5.41, 5.74) is 2.22. The number of rotatable bonds is 4. The topological polar surface area (TPSA) is 23.5 Å². The van der Waals surface area contributed by atoms with Crippen LogP contribution in [-0.4, -0.2) is 23.7 Å². The number of nitrogens with zero attached hydrogens (tertiary/aromatic N) is 1. The Morgan fingerprint density at radius 3 is 2.70 bits per heavy atom. The van der Waals surface area contributed by atoms with Gasteiger partial charge < -0.3 is 5.11 Å². The fourth-order valence-corrected chi connectivity index (χ4v) is 2.92. The van der Waals surface area contributed by atoms with E-state index < -0.39 is 0 Å². The highest BCUT2D eigenvalue weighted by molar-refractivity contribution is 7.10. The van der Waals surface area contributed by atoms with Gasteiger partial charge in [0.2, 0.25) is 0 Å². The van der Waals surface area contributed by atoms with Crippen molar-refractivity contribution in [3.63, 3.8) is 0 Å². The summed E-state index contributed by atoms with van der Waals surface area (Å²) in [7, 11) is 2.09. The molecule has 0 aliphatic heterocycles. The third kappa shape index (κ3) is 4.66. The summed E-state index contributed by atoms with van der Waals surface area (Å²) >= 11 is 7.57. The lowest BCUT2D eigenvalue weighted by atomic mass is 10.2. The van der Waals surface area contributed by atoms with Crippen LogP contribution in [0.15, 0.2) is 35.7 Å². The molecule has 1 aromatic heterocycles. The Labute approximate surface area is 128 Å². The average Bonchev–Trinajstić information content (AvgIpc) is 2.86. The molecule has 2 rings (SSSR count). The zero-order valence-corrected chi connectivity index (χ0v) is 12.8. The van der Waals surface area contributed by atoms with Crippen molar-refractivity contribution in [2.45, 2.75) is 13.1 Å². The molecule has 0 unspecified atom stereocenters. The second-order valence-corrected chi connectivity index (χ2v) is 5.99. The maximum atomic E-state index is 8.68. The summed E-state index contributed by atoms with van der Waals surface area (Å²) in [4.78, 5) is 3.52. The zero-order chi connectivity index (χ0) is 14.4. The first-order valence-corrected chi connectivity index (χ1v) is 7.53. The van der Waals surface area contributed by atoms with E-state index in [0.717, 1.165) is 23.7 Å². The minimum absolute atomic E-state index is 0.0956. The second-order valence-electron chi connectivity index (χ2n) is 4.56. The molecule has 4 heteroatoms. The van der Waals surface area contributed by atoms with E-state index in [0.29, 0.717) is 0 Å². The van der Waals surface area contributed by atoms with Gasteiger partial charge in [0.25, 0.3) is 0 Å². The predicted molar refractivity (Wildman–Crippen MR) is 84.9 cm³/mol. The van der Waals surface area contributed by atoms with Crippen LogP contribution in [0.1, 0.15) is 16.0 Å². The molecule has 0 atom stereocenters. The van der Waals surface area contributed by atoms with Gasteiger partial charge in [-0.25, -0.2) is 0 Å². The first-order valence-electron chi connectivity index (χ1n) is 6.27. The van der Waals surface area contributed by atoms with Crippen molar-refractivity contribution in [1.29, 1.82) is 0 Å². The molecule has 0 fully saturated rings. The Hall–Kier alpha value is -1.31. The van der Waals surface area contributed by atoms with Crippen molar-refractivity contribution in [1.82, 2.24) is 4.90 Å². The molecule has 1 aromatic carbocycles. The van der Waals surface area contributed by atoms with Gasteiger partial charge >= 0.3 is 0 Å². The van der Waals surface area contributed by atoms with Crippen LogP contribution in [0, 0.1) is 11.8 Å². The van der Waals surface area contributed by atoms with Crippen molar-refractivity contribution in [3.8, 4) is 11.8 Å². The van der Waals surface area contributed by atoms with Crippen molar-refractivity contribution in [2.24, 2.45) is 0 Å². The first-order chi connectivity index (χ1) is 9.67. The fourth-order valence-electron chi connectivity index (χ4n) is 1.89. The molecular formula is C16H16ClNOS. The van der Waals surface area contributed by atoms with Gasteiger partial charge in [-0.05, 0) is 30.8 Å². The van der Waals surface area contributed by atoms with Crippen LogP contribution >= 0.6 is 22.9 Å². The van der Waals surface area contributed by atoms with E-state index in [9.17, 15) is 0 Å². The summed E-state index contributed by atoms with van der Waals surface area (Å²) in [6.07, 6.45) is 0. The van der Waals surface area contributed by atoms with Crippen LogP contribution in [0.25, 0.3) is 0 Å². The molecular weight excluding hydrogens is 290 g/mol. The van der Waals surface area contributed by atoms with Crippen LogP contribution in [0.3, 0.4) is 0 Å². The highest BCUT2D eigenvalue weighted by atomic mass is 35.5. The summed E-state index contributed by atoms with van der Waals surface area (Å²) < 4.78 is 0. The largest absolute Gasteiger partial charge is 0.384 e. The minimum atomic E-state index is -0.0956. The highest BCUT2D eigenvalue weighted by Crippen LogP contribution is 2.17. The Balaban J connectivity index is 1.92. The van der Waals surface area contributed by atoms with E-state index in [1.807, 2.05) is 29.6 Å². The van der Waals surface area contributed by atoms with Crippen molar-refractivity contribution in [3.05, 3.63) is 56.7 Å². The average molecular weight is 306 g/mol. The van der Waals surface area contributed by atoms with E-state index >= 15 is 0 Å². The van der Waals surface area contributed by atoms with E-state index in [1.165, 1.54) is 10.4 Å². The quantitative estimate of drug-likeness (QED) is 0.875. The Kier molecular flexibility index (Phi) is 5.63. The van der Waals surface area contributed by atoms with E-state index in [-0.39, 0.29) is 6.61 Å². The maximum Gasteiger partial charge on any atom is 0.104 e. The molecule has 20 heavy (non-hydrogen) atoms. The smallest absolute Gasteiger partial charge is 0.104 e. The van der Waals surface area contributed by atoms with Gasteiger partial charge in [0.15, 0.2) is 0 Å². The molecule has 2 nitrogen and oxygen atoms in total. The van der Waals surface area contributed by atoms with Gasteiger partial charge in [0, 0.05) is 33.9 Å². The van der Waals surface area contributed by atoms with Crippen molar-refractivity contribution >= 4 is 22.9 Å². The van der Waals surface area contributed by atoms with Gasteiger partial charge in [0.05, 0.1) is 0 Å². The monoisotopic (exact) mass is 305 g/mol. The molecule has 0 bridgehead atoms. The van der Waals surface area contributed by atoms with Crippen LogP contribution in [-0.2, 0) is 13.1 Å². The molecule has 0 aliphatic rings. The van der Waals surface area contributed by atoms with E-state index in [2.05, 4.69) is 29.9 Å². The number of thiophene rings is 1. The molecule has 1 N–H and O–H groups in total. The van der Waals surface area contributed by atoms with Crippen LogP contribution in [0.4, 0.5) is 0 Å². The fraction of sp³-hybridized carbons (Fsp3) is 0.250. The number of aliphatic hydroxyl groups is 1. The highest BCUT2D eigenvalue weighted by Gasteiger charge is 2.04. The Morgan fingerprint density at radius 1 is 1.25 bits per heavy atom. The third-order valence-corrected chi connectivity index (χ3v) is 3.93. The molecule has 0 saturated heterocycles. The lowest BCUT2D eigenvalue weighted by molar-refractivity contribution is 0.322. The molecule has 104 valence electrons. The number of benzene rings is 1. The van der Waals surface area contributed by atoms with Gasteiger partial charge in [-0.2, -0.15) is 0 Å². The number of hydrogen-bond acceptors (Lipinski definition) is 3. The third-order valence-electron chi connectivity index (χ3n) is 2.76. The first kappa shape index (κ1) is 15.1. The number of aliphatic hydroxyl groups excluding tert-OH is 1. The van der Waals surface area contributed by atoms with Gasteiger partial charge in [-0.1, -0.05) is 35.6 Å². The van der Waals surface area contributed by atoms with Crippen LogP contribution < -0.4 is 0 Å². The number of hydrogen-bond donors (Lipinski definition) is 1. The molecule has 2 aromatic rings. The Bertz CT molecular complexity index is 609. The maximum absolute atomic E-state index is 8.68. The SMILES string of the molecule is CN(Cc1ccc(Cl)cc1)Cc1cc(C#CCO)cs1. The normalized spacial score (nSPS) is 10.4. The molecule has 0 saturated carbocycles. The van der Waals surface area contributed by atoms with Crippen molar-refractivity contribution < 1.29 is 5.11 Å². The summed E-state index contributed by atoms with van der Waals surface area (Å²) in [6.45, 7) is 1.67. The van der Waals surface area contributed by atoms with Crippen LogP contribution in [0.5, 0.6) is 0 Å². The van der Waals surface area contributed by atoms with Gasteiger partial charge in [-0.15, -0.1) is 11.3 Å². The second kappa shape index (κ2) is 7.47. The lowest BCUT2D eigenvalue weighted by Crippen LogP contribution is -2.16. The molecule has 0 radical (unpaired) electrons. The summed E-state index contributed by atoms with van der Waals surface area (Å²) in [5, 5.41) is 11.5. The summed E-state index contributed by atoms with van der Waals surface area (Å²) in [5.74, 6) is 5.58. The standard InChI is InChI=1S/C16H16ClNOS/c1-18(10-13-4-6-15(17)7-5-13)11-16-9-14(12-20-16)3-2-8-19/h4-7,9,12,19H,8,10-11H2,1H3. The van der Waals surface area contributed by atoms with E-state index in [1.54, 1.807) is 11.3 Å². The van der Waals surface area contributed by atoms with Crippen LogP contribution in [0.2, 0.25) is 5.02 Å². The minimum Gasteiger partial charge on any atom is -0.384 e. The molecule has 1 heterocycles. The molecule has 0 amide bonds. The summed E-state index contributed by atoms with van der Waals surface area (Å²) in [6, 6.07) is 10.00. The number of halogens is 1.